The van der Waals surface area contributed by atoms with Gasteiger partial charge in [0.2, 0.25) is 5.88 Å². The third kappa shape index (κ3) is 4.31. The third-order valence-electron chi connectivity index (χ3n) is 3.97. The largest absolute Gasteiger partial charge is 0.417 e. The normalized spacial score (nSPS) is 15.8. The lowest BCUT2D eigenvalue weighted by Gasteiger charge is -2.34. The van der Waals surface area contributed by atoms with Crippen LogP contribution >= 0.6 is 11.3 Å². The van der Waals surface area contributed by atoms with Crippen LogP contribution in [-0.4, -0.2) is 63.3 Å². The molecule has 10 heteroatoms. The van der Waals surface area contributed by atoms with Crippen LogP contribution in [0.5, 0.6) is 5.88 Å². The van der Waals surface area contributed by atoms with E-state index in [-0.39, 0.29) is 17.5 Å². The Bertz CT molecular complexity index is 740. The van der Waals surface area contributed by atoms with Crippen LogP contribution < -0.4 is 4.74 Å². The van der Waals surface area contributed by atoms with Gasteiger partial charge in [0, 0.05) is 56.9 Å². The lowest BCUT2D eigenvalue weighted by Crippen LogP contribution is -2.48. The molecular formula is C15H19F2N5O2S. The quantitative estimate of drug-likeness (QED) is 0.801. The summed E-state index contributed by atoms with van der Waals surface area (Å²) in [6.45, 7) is 2.48. The molecule has 0 aromatic carbocycles. The van der Waals surface area contributed by atoms with Crippen molar-refractivity contribution in [3.05, 3.63) is 27.8 Å². The Hall–Kier alpha value is -2.07. The van der Waals surface area contributed by atoms with E-state index in [4.69, 9.17) is 0 Å². The molecule has 25 heavy (non-hydrogen) atoms. The second kappa shape index (κ2) is 7.44. The van der Waals surface area contributed by atoms with Crippen molar-refractivity contribution in [2.24, 2.45) is 7.05 Å². The highest BCUT2D eigenvalue weighted by Gasteiger charge is 2.25. The predicted molar refractivity (Wildman–Crippen MR) is 87.9 cm³/mol. The van der Waals surface area contributed by atoms with Gasteiger partial charge in [-0.3, -0.25) is 9.69 Å². The predicted octanol–water partition coefficient (Wildman–Crippen LogP) is 1.74. The van der Waals surface area contributed by atoms with E-state index in [1.165, 1.54) is 18.0 Å². The molecule has 0 bridgehead atoms. The molecule has 0 N–H and O–H groups in total. The minimum absolute atomic E-state index is 0.115. The molecule has 7 nitrogen and oxygen atoms in total. The fourth-order valence-corrected chi connectivity index (χ4v) is 3.56. The van der Waals surface area contributed by atoms with Crippen molar-refractivity contribution in [2.75, 3.05) is 26.2 Å². The first-order valence-corrected chi connectivity index (χ1v) is 8.66. The highest BCUT2D eigenvalue weighted by Crippen LogP contribution is 2.18. The summed E-state index contributed by atoms with van der Waals surface area (Å²) in [6.07, 6.45) is 1.88. The molecular weight excluding hydrogens is 352 g/mol. The Morgan fingerprint density at radius 3 is 2.68 bits per heavy atom. The molecule has 136 valence electrons. The van der Waals surface area contributed by atoms with Gasteiger partial charge >= 0.3 is 6.61 Å². The lowest BCUT2D eigenvalue weighted by atomic mass is 10.2. The maximum absolute atomic E-state index is 12.5. The van der Waals surface area contributed by atoms with Gasteiger partial charge in [-0.2, -0.15) is 13.9 Å². The number of hydrogen-bond donors (Lipinski definition) is 0. The van der Waals surface area contributed by atoms with E-state index in [1.54, 1.807) is 16.2 Å². The molecule has 0 aliphatic carbocycles. The SMILES string of the molecule is Cc1ncc(CN2CCN(C(=O)c3cc(OC(F)F)n(C)n3)CC2)s1. The molecule has 0 saturated carbocycles. The van der Waals surface area contributed by atoms with E-state index >= 15 is 0 Å². The Labute approximate surface area is 147 Å². The fourth-order valence-electron chi connectivity index (χ4n) is 2.73. The van der Waals surface area contributed by atoms with Gasteiger partial charge in [-0.05, 0) is 6.92 Å². The molecule has 0 spiro atoms. The van der Waals surface area contributed by atoms with E-state index < -0.39 is 6.61 Å². The summed E-state index contributed by atoms with van der Waals surface area (Å²) in [5.41, 5.74) is 0.115. The van der Waals surface area contributed by atoms with Gasteiger partial charge in [0.25, 0.3) is 5.91 Å². The van der Waals surface area contributed by atoms with E-state index in [0.29, 0.717) is 13.1 Å². The first-order valence-electron chi connectivity index (χ1n) is 7.84. The first kappa shape index (κ1) is 17.7. The third-order valence-corrected chi connectivity index (χ3v) is 4.87. The number of nitrogens with zero attached hydrogens (tertiary/aromatic N) is 5. The van der Waals surface area contributed by atoms with E-state index in [1.807, 2.05) is 13.1 Å². The summed E-state index contributed by atoms with van der Waals surface area (Å²) in [6, 6.07) is 1.25. The molecule has 0 atom stereocenters. The number of thiazole rings is 1. The van der Waals surface area contributed by atoms with Crippen LogP contribution in [0, 0.1) is 6.92 Å². The van der Waals surface area contributed by atoms with Crippen LogP contribution in [0.1, 0.15) is 20.4 Å². The molecule has 0 radical (unpaired) electrons. The second-order valence-corrected chi connectivity index (χ2v) is 7.10. The van der Waals surface area contributed by atoms with Crippen molar-refractivity contribution in [3.8, 4) is 5.88 Å². The standard InChI is InChI=1S/C15H19F2N5O2S/c1-10-18-8-11(25-10)9-21-3-5-22(6-4-21)14(23)12-7-13(20(2)19-12)24-15(16)17/h7-8,15H,3-6,9H2,1-2H3. The van der Waals surface area contributed by atoms with Gasteiger partial charge < -0.3 is 9.64 Å². The molecule has 2 aromatic rings. The average molecular weight is 371 g/mol. The van der Waals surface area contributed by atoms with Gasteiger partial charge in [0.05, 0.1) is 5.01 Å². The summed E-state index contributed by atoms with van der Waals surface area (Å²) in [7, 11) is 1.46. The van der Waals surface area contributed by atoms with Crippen LogP contribution in [-0.2, 0) is 13.6 Å². The number of piperazine rings is 1. The van der Waals surface area contributed by atoms with Gasteiger partial charge in [-0.1, -0.05) is 0 Å². The summed E-state index contributed by atoms with van der Waals surface area (Å²) in [4.78, 5) is 21.9. The molecule has 1 saturated heterocycles. The molecule has 3 rings (SSSR count). The maximum atomic E-state index is 12.5. The smallest absolute Gasteiger partial charge is 0.388 e. The molecule has 0 unspecified atom stereocenters. The number of aryl methyl sites for hydroxylation is 2. The Balaban J connectivity index is 1.56. The van der Waals surface area contributed by atoms with Gasteiger partial charge in [0.15, 0.2) is 5.69 Å². The number of hydrogen-bond acceptors (Lipinski definition) is 6. The van der Waals surface area contributed by atoms with Crippen LogP contribution in [0.3, 0.4) is 0 Å². The van der Waals surface area contributed by atoms with Crippen molar-refractivity contribution >= 4 is 17.2 Å². The Morgan fingerprint density at radius 2 is 2.08 bits per heavy atom. The minimum Gasteiger partial charge on any atom is -0.417 e. The first-order chi connectivity index (χ1) is 11.9. The van der Waals surface area contributed by atoms with E-state index in [0.717, 1.165) is 29.3 Å². The number of amides is 1. The maximum Gasteiger partial charge on any atom is 0.388 e. The number of aromatic nitrogens is 3. The molecule has 1 aliphatic heterocycles. The van der Waals surface area contributed by atoms with Gasteiger partial charge in [-0.15, -0.1) is 11.3 Å². The van der Waals surface area contributed by atoms with Crippen LogP contribution in [0.2, 0.25) is 0 Å². The van der Waals surface area contributed by atoms with Crippen molar-refractivity contribution in [1.29, 1.82) is 0 Å². The van der Waals surface area contributed by atoms with Crippen LogP contribution in [0.4, 0.5) is 8.78 Å². The van der Waals surface area contributed by atoms with Crippen molar-refractivity contribution in [1.82, 2.24) is 24.6 Å². The molecule has 2 aromatic heterocycles. The summed E-state index contributed by atoms with van der Waals surface area (Å²) in [5, 5.41) is 5.02. The highest BCUT2D eigenvalue weighted by molar-refractivity contribution is 7.11. The lowest BCUT2D eigenvalue weighted by molar-refractivity contribution is -0.0553. The average Bonchev–Trinajstić information content (AvgIpc) is 3.13. The Kier molecular flexibility index (Phi) is 5.28. The van der Waals surface area contributed by atoms with Crippen LogP contribution in [0.25, 0.3) is 0 Å². The number of carbonyl (C=O) groups excluding carboxylic acids is 1. The number of ether oxygens (including phenoxy) is 1. The van der Waals surface area contributed by atoms with Gasteiger partial charge in [0.1, 0.15) is 0 Å². The number of halogens is 2. The minimum atomic E-state index is -2.95. The molecule has 1 aliphatic rings. The zero-order chi connectivity index (χ0) is 18.0. The summed E-state index contributed by atoms with van der Waals surface area (Å²) in [5.74, 6) is -0.398. The number of alkyl halides is 2. The van der Waals surface area contributed by atoms with Crippen molar-refractivity contribution < 1.29 is 18.3 Å². The molecule has 1 fully saturated rings. The topological polar surface area (TPSA) is 63.5 Å². The van der Waals surface area contributed by atoms with E-state index in [9.17, 15) is 13.6 Å². The van der Waals surface area contributed by atoms with Crippen LogP contribution in [0.15, 0.2) is 12.3 Å². The monoisotopic (exact) mass is 371 g/mol. The number of carbonyl (C=O) groups is 1. The molecule has 3 heterocycles. The fraction of sp³-hybridized carbons (Fsp3) is 0.533. The summed E-state index contributed by atoms with van der Waals surface area (Å²) >= 11 is 1.67. The zero-order valence-corrected chi connectivity index (χ0v) is 14.8. The van der Waals surface area contributed by atoms with Gasteiger partial charge in [-0.25, -0.2) is 9.67 Å². The van der Waals surface area contributed by atoms with Crippen molar-refractivity contribution in [3.63, 3.8) is 0 Å². The Morgan fingerprint density at radius 1 is 1.36 bits per heavy atom. The molecule has 1 amide bonds. The zero-order valence-electron chi connectivity index (χ0n) is 14.0. The van der Waals surface area contributed by atoms with Crippen molar-refractivity contribution in [2.45, 2.75) is 20.1 Å². The van der Waals surface area contributed by atoms with E-state index in [2.05, 4.69) is 19.7 Å². The second-order valence-electron chi connectivity index (χ2n) is 5.78. The highest BCUT2D eigenvalue weighted by atomic mass is 32.1. The summed E-state index contributed by atoms with van der Waals surface area (Å²) < 4.78 is 30.1. The number of rotatable bonds is 5.